The molecule has 1 unspecified atom stereocenters. The summed E-state index contributed by atoms with van der Waals surface area (Å²) in [6, 6.07) is 9.32. The van der Waals surface area contributed by atoms with Crippen LogP contribution in [0.15, 0.2) is 30.3 Å². The van der Waals surface area contributed by atoms with E-state index in [2.05, 4.69) is 0 Å². The van der Waals surface area contributed by atoms with Crippen molar-refractivity contribution < 1.29 is 18.3 Å². The van der Waals surface area contributed by atoms with Crippen LogP contribution in [0.25, 0.3) is 0 Å². The van der Waals surface area contributed by atoms with E-state index in [4.69, 9.17) is 5.11 Å². The van der Waals surface area contributed by atoms with Crippen LogP contribution in [-0.2, 0) is 21.1 Å². The van der Waals surface area contributed by atoms with Gasteiger partial charge in [-0.3, -0.25) is 4.79 Å². The first-order valence-corrected chi connectivity index (χ1v) is 8.55. The molecule has 6 heteroatoms. The molecule has 0 aromatic heterocycles. The lowest BCUT2D eigenvalue weighted by atomic mass is 10.1. The lowest BCUT2D eigenvalue weighted by Gasteiger charge is -2.11. The van der Waals surface area contributed by atoms with Crippen molar-refractivity contribution in [1.29, 1.82) is 0 Å². The second-order valence-corrected chi connectivity index (χ2v) is 7.59. The molecule has 0 amide bonds. The van der Waals surface area contributed by atoms with Crippen molar-refractivity contribution in [2.45, 2.75) is 11.7 Å². The molecule has 0 aliphatic heterocycles. The number of aliphatic carboxylic acids is 1. The fraction of sp³-hybridized carbons (Fsp3) is 0.417. The van der Waals surface area contributed by atoms with Crippen LogP contribution in [-0.4, -0.2) is 42.5 Å². The van der Waals surface area contributed by atoms with E-state index in [0.29, 0.717) is 12.2 Å². The molecule has 0 bridgehead atoms. The number of thioether (sulfide) groups is 1. The van der Waals surface area contributed by atoms with Gasteiger partial charge in [0.1, 0.15) is 15.1 Å². The third-order valence-electron chi connectivity index (χ3n) is 2.31. The predicted octanol–water partition coefficient (Wildman–Crippen LogP) is 1.46. The average molecular weight is 288 g/mol. The normalized spacial score (nSPS) is 13.2. The Kier molecular flexibility index (Phi) is 5.68. The minimum absolute atomic E-state index is 0.0102. The third kappa shape index (κ3) is 6.07. The predicted molar refractivity (Wildman–Crippen MR) is 73.7 cm³/mol. The molecule has 0 fully saturated rings. The van der Waals surface area contributed by atoms with Gasteiger partial charge in [0.05, 0.1) is 5.75 Å². The minimum atomic E-state index is -3.03. The van der Waals surface area contributed by atoms with E-state index in [9.17, 15) is 13.2 Å². The highest BCUT2D eigenvalue weighted by Gasteiger charge is 2.19. The maximum atomic E-state index is 11.1. The summed E-state index contributed by atoms with van der Waals surface area (Å²) in [5.74, 6) is -0.587. The van der Waals surface area contributed by atoms with Crippen molar-refractivity contribution >= 4 is 27.6 Å². The monoisotopic (exact) mass is 288 g/mol. The summed E-state index contributed by atoms with van der Waals surface area (Å²) in [7, 11) is -3.03. The SMILES string of the molecule is CS(=O)(=O)CCSC(Cc1ccccc1)C(=O)O. The van der Waals surface area contributed by atoms with Crippen LogP contribution < -0.4 is 0 Å². The molecule has 0 heterocycles. The number of rotatable bonds is 7. The molecular formula is C12H16O4S2. The Morgan fingerprint density at radius 3 is 2.44 bits per heavy atom. The summed E-state index contributed by atoms with van der Waals surface area (Å²) < 4.78 is 22.0. The molecule has 0 saturated heterocycles. The van der Waals surface area contributed by atoms with Crippen LogP contribution in [0.3, 0.4) is 0 Å². The van der Waals surface area contributed by atoms with E-state index < -0.39 is 21.1 Å². The van der Waals surface area contributed by atoms with Gasteiger partial charge in [0.2, 0.25) is 0 Å². The van der Waals surface area contributed by atoms with Crippen molar-refractivity contribution in [3.05, 3.63) is 35.9 Å². The van der Waals surface area contributed by atoms with Crippen molar-refractivity contribution in [1.82, 2.24) is 0 Å². The first-order chi connectivity index (χ1) is 8.38. The average Bonchev–Trinajstić information content (AvgIpc) is 2.27. The highest BCUT2D eigenvalue weighted by molar-refractivity contribution is 8.01. The van der Waals surface area contributed by atoms with E-state index in [-0.39, 0.29) is 5.75 Å². The molecule has 18 heavy (non-hydrogen) atoms. The molecule has 1 N–H and O–H groups in total. The second kappa shape index (κ2) is 6.80. The second-order valence-electron chi connectivity index (χ2n) is 4.02. The molecule has 0 radical (unpaired) electrons. The topological polar surface area (TPSA) is 71.4 Å². The van der Waals surface area contributed by atoms with Gasteiger partial charge >= 0.3 is 5.97 Å². The molecule has 0 saturated carbocycles. The number of carbonyl (C=O) groups is 1. The number of hydrogen-bond donors (Lipinski definition) is 1. The largest absolute Gasteiger partial charge is 0.480 e. The van der Waals surface area contributed by atoms with Crippen LogP contribution in [0.4, 0.5) is 0 Å². The fourth-order valence-electron chi connectivity index (χ4n) is 1.39. The van der Waals surface area contributed by atoms with Gasteiger partial charge in [-0.15, -0.1) is 11.8 Å². The zero-order valence-corrected chi connectivity index (χ0v) is 11.7. The van der Waals surface area contributed by atoms with Crippen molar-refractivity contribution in [2.24, 2.45) is 0 Å². The zero-order valence-electron chi connectivity index (χ0n) is 10.1. The molecule has 100 valence electrons. The van der Waals surface area contributed by atoms with Crippen LogP contribution in [0.2, 0.25) is 0 Å². The molecule has 1 aromatic rings. The molecule has 0 aliphatic rings. The number of carboxylic acids is 1. The number of hydrogen-bond acceptors (Lipinski definition) is 4. The Bertz CT molecular complexity index is 482. The molecule has 0 aliphatic carbocycles. The van der Waals surface area contributed by atoms with Gasteiger partial charge in [-0.05, 0) is 12.0 Å². The van der Waals surface area contributed by atoms with E-state index in [1.165, 1.54) is 11.8 Å². The van der Waals surface area contributed by atoms with E-state index in [1.807, 2.05) is 30.3 Å². The highest BCUT2D eigenvalue weighted by atomic mass is 32.2. The Morgan fingerprint density at radius 2 is 1.94 bits per heavy atom. The third-order valence-corrected chi connectivity index (χ3v) is 4.73. The van der Waals surface area contributed by atoms with Crippen molar-refractivity contribution in [3.8, 4) is 0 Å². The molecular weight excluding hydrogens is 272 g/mol. The molecule has 1 atom stereocenters. The summed E-state index contributed by atoms with van der Waals surface area (Å²) in [5, 5.41) is 8.49. The van der Waals surface area contributed by atoms with Gasteiger partial charge in [-0.2, -0.15) is 0 Å². The van der Waals surface area contributed by atoms with Crippen molar-refractivity contribution in [2.75, 3.05) is 17.8 Å². The molecule has 4 nitrogen and oxygen atoms in total. The summed E-state index contributed by atoms with van der Waals surface area (Å²) in [6.45, 7) is 0. The Labute approximate surface area is 111 Å². The maximum absolute atomic E-state index is 11.1. The Balaban J connectivity index is 2.54. The standard InChI is InChI=1S/C12H16O4S2/c1-18(15,16)8-7-17-11(12(13)14)9-10-5-3-2-4-6-10/h2-6,11H,7-9H2,1H3,(H,13,14). The van der Waals surface area contributed by atoms with Gasteiger partial charge in [0.15, 0.2) is 0 Å². The van der Waals surface area contributed by atoms with Crippen LogP contribution in [0.1, 0.15) is 5.56 Å². The molecule has 0 spiro atoms. The maximum Gasteiger partial charge on any atom is 0.316 e. The number of sulfone groups is 1. The number of benzene rings is 1. The lowest BCUT2D eigenvalue weighted by molar-refractivity contribution is -0.136. The number of carboxylic acid groups (broad SMARTS) is 1. The minimum Gasteiger partial charge on any atom is -0.480 e. The molecule has 1 rings (SSSR count). The zero-order chi connectivity index (χ0) is 13.6. The first-order valence-electron chi connectivity index (χ1n) is 5.44. The first kappa shape index (κ1) is 15.0. The van der Waals surface area contributed by atoms with Gasteiger partial charge in [-0.25, -0.2) is 8.42 Å². The van der Waals surface area contributed by atoms with E-state index in [1.54, 1.807) is 0 Å². The van der Waals surface area contributed by atoms with Crippen molar-refractivity contribution in [3.63, 3.8) is 0 Å². The quantitative estimate of drug-likeness (QED) is 0.822. The smallest absolute Gasteiger partial charge is 0.316 e. The van der Waals surface area contributed by atoms with E-state index >= 15 is 0 Å². The Hall–Kier alpha value is -1.01. The van der Waals surface area contributed by atoms with Gasteiger partial charge in [0.25, 0.3) is 0 Å². The summed E-state index contributed by atoms with van der Waals surface area (Å²) in [5.41, 5.74) is 0.941. The van der Waals surface area contributed by atoms with E-state index in [0.717, 1.165) is 11.8 Å². The van der Waals surface area contributed by atoms with Gasteiger partial charge in [-0.1, -0.05) is 30.3 Å². The van der Waals surface area contributed by atoms with Crippen LogP contribution in [0, 0.1) is 0 Å². The fourth-order valence-corrected chi connectivity index (χ4v) is 3.72. The summed E-state index contributed by atoms with van der Waals surface area (Å²) >= 11 is 1.17. The Morgan fingerprint density at radius 1 is 1.33 bits per heavy atom. The molecule has 1 aromatic carbocycles. The van der Waals surface area contributed by atoms with Crippen LogP contribution >= 0.6 is 11.8 Å². The summed E-state index contributed by atoms with van der Waals surface area (Å²) in [6.07, 6.45) is 1.56. The van der Waals surface area contributed by atoms with Gasteiger partial charge in [0, 0.05) is 12.0 Å². The lowest BCUT2D eigenvalue weighted by Crippen LogP contribution is -2.21. The highest BCUT2D eigenvalue weighted by Crippen LogP contribution is 2.17. The van der Waals surface area contributed by atoms with Crippen LogP contribution in [0.5, 0.6) is 0 Å². The van der Waals surface area contributed by atoms with Gasteiger partial charge < -0.3 is 5.11 Å². The summed E-state index contributed by atoms with van der Waals surface area (Å²) in [4.78, 5) is 11.1.